The zero-order valence-electron chi connectivity index (χ0n) is 25.2. The van der Waals surface area contributed by atoms with Crippen molar-refractivity contribution in [2.75, 3.05) is 13.7 Å². The number of halogens is 2. The van der Waals surface area contributed by atoms with Gasteiger partial charge in [-0.3, -0.25) is 4.79 Å². The average Bonchev–Trinajstić information content (AvgIpc) is 3.00. The molecule has 44 heavy (non-hydrogen) atoms. The summed E-state index contributed by atoms with van der Waals surface area (Å²) in [4.78, 5) is 18.7. The maximum Gasteiger partial charge on any atom is 0.282 e. The standard InChI is InChI=1S/C35H33Br2N3O4/c1-6-43-32-15-22(4)28(18-27(32)21(2)3)34-39-30-10-8-7-9-26(30)35(41)40(34)38-19-23-11-14-31(33(16-23)42-5)44-20-24-12-13-25(36)17-29(24)37/h7-19,21H,6,20H2,1-5H3. The molecule has 226 valence electrons. The van der Waals surface area contributed by atoms with Crippen LogP contribution in [0, 0.1) is 6.92 Å². The van der Waals surface area contributed by atoms with Crippen molar-refractivity contribution in [1.29, 1.82) is 0 Å². The molecular weight excluding hydrogens is 686 g/mol. The smallest absolute Gasteiger partial charge is 0.282 e. The van der Waals surface area contributed by atoms with Crippen LogP contribution in [0.1, 0.15) is 48.9 Å². The van der Waals surface area contributed by atoms with Crippen LogP contribution in [0.25, 0.3) is 22.3 Å². The Hall–Kier alpha value is -3.95. The zero-order valence-corrected chi connectivity index (χ0v) is 28.4. The number of aromatic nitrogens is 2. The molecule has 9 heteroatoms. The molecule has 0 radical (unpaired) electrons. The lowest BCUT2D eigenvalue weighted by Crippen LogP contribution is -2.21. The third kappa shape index (κ3) is 6.74. The Labute approximate surface area is 273 Å². The van der Waals surface area contributed by atoms with Gasteiger partial charge in [-0.15, -0.1) is 0 Å². The predicted molar refractivity (Wildman–Crippen MR) is 184 cm³/mol. The van der Waals surface area contributed by atoms with Crippen LogP contribution in [-0.2, 0) is 6.61 Å². The van der Waals surface area contributed by atoms with Crippen LogP contribution in [0.5, 0.6) is 17.2 Å². The number of benzene rings is 4. The molecule has 4 aromatic carbocycles. The summed E-state index contributed by atoms with van der Waals surface area (Å²) in [6.07, 6.45) is 1.63. The van der Waals surface area contributed by atoms with Crippen LogP contribution in [0.2, 0.25) is 0 Å². The molecule has 0 N–H and O–H groups in total. The van der Waals surface area contributed by atoms with Gasteiger partial charge in [0.25, 0.3) is 5.56 Å². The van der Waals surface area contributed by atoms with Crippen LogP contribution < -0.4 is 19.8 Å². The summed E-state index contributed by atoms with van der Waals surface area (Å²) in [5.74, 6) is 2.65. The molecule has 0 bridgehead atoms. The van der Waals surface area contributed by atoms with E-state index in [0.29, 0.717) is 41.4 Å². The van der Waals surface area contributed by atoms with Gasteiger partial charge in [0.05, 0.1) is 30.8 Å². The van der Waals surface area contributed by atoms with Gasteiger partial charge in [-0.1, -0.05) is 63.9 Å². The lowest BCUT2D eigenvalue weighted by Gasteiger charge is -2.18. The number of hydrogen-bond acceptors (Lipinski definition) is 6. The number of hydrogen-bond donors (Lipinski definition) is 0. The summed E-state index contributed by atoms with van der Waals surface area (Å²) in [5, 5.41) is 5.16. The van der Waals surface area contributed by atoms with E-state index in [1.54, 1.807) is 19.4 Å². The number of nitrogens with zero attached hydrogens (tertiary/aromatic N) is 3. The van der Waals surface area contributed by atoms with Crippen molar-refractivity contribution in [3.05, 3.63) is 114 Å². The molecule has 0 unspecified atom stereocenters. The maximum absolute atomic E-state index is 13.8. The summed E-state index contributed by atoms with van der Waals surface area (Å²) in [7, 11) is 1.59. The minimum atomic E-state index is -0.256. The third-order valence-electron chi connectivity index (χ3n) is 7.18. The summed E-state index contributed by atoms with van der Waals surface area (Å²) in [6.45, 7) is 9.13. The van der Waals surface area contributed by atoms with Crippen molar-refractivity contribution in [3.63, 3.8) is 0 Å². The van der Waals surface area contributed by atoms with Gasteiger partial charge in [0.1, 0.15) is 12.4 Å². The molecule has 5 aromatic rings. The fourth-order valence-corrected chi connectivity index (χ4v) is 6.04. The van der Waals surface area contributed by atoms with Crippen LogP contribution >= 0.6 is 31.9 Å². The number of rotatable bonds is 10. The number of para-hydroxylation sites is 1. The predicted octanol–water partition coefficient (Wildman–Crippen LogP) is 8.89. The van der Waals surface area contributed by atoms with Gasteiger partial charge in [-0.25, -0.2) is 4.98 Å². The molecule has 0 spiro atoms. The third-order valence-corrected chi connectivity index (χ3v) is 8.41. The van der Waals surface area contributed by atoms with E-state index in [-0.39, 0.29) is 11.5 Å². The van der Waals surface area contributed by atoms with E-state index >= 15 is 0 Å². The van der Waals surface area contributed by atoms with E-state index in [1.165, 1.54) is 4.68 Å². The molecule has 0 amide bonds. The lowest BCUT2D eigenvalue weighted by atomic mass is 9.96. The van der Waals surface area contributed by atoms with E-state index in [9.17, 15) is 4.79 Å². The molecule has 0 fully saturated rings. The summed E-state index contributed by atoms with van der Waals surface area (Å²) >= 11 is 7.06. The highest BCUT2D eigenvalue weighted by Crippen LogP contribution is 2.35. The molecular formula is C35H33Br2N3O4. The fraction of sp³-hybridized carbons (Fsp3) is 0.229. The summed E-state index contributed by atoms with van der Waals surface area (Å²) in [5.41, 5.74) is 4.88. The molecule has 0 atom stereocenters. The molecule has 1 aromatic heterocycles. The van der Waals surface area contributed by atoms with Gasteiger partial charge >= 0.3 is 0 Å². The molecule has 0 saturated heterocycles. The van der Waals surface area contributed by atoms with E-state index in [2.05, 4.69) is 56.9 Å². The second-order valence-electron chi connectivity index (χ2n) is 10.5. The first-order valence-electron chi connectivity index (χ1n) is 14.3. The Morgan fingerprint density at radius 1 is 0.955 bits per heavy atom. The Kier molecular flexibility index (Phi) is 9.86. The minimum absolute atomic E-state index is 0.207. The first-order chi connectivity index (χ1) is 21.2. The normalized spacial score (nSPS) is 11.5. The highest BCUT2D eigenvalue weighted by atomic mass is 79.9. The van der Waals surface area contributed by atoms with Crippen molar-refractivity contribution in [2.45, 2.75) is 40.2 Å². The fourth-order valence-electron chi connectivity index (χ4n) is 4.88. The molecule has 0 aliphatic rings. The van der Waals surface area contributed by atoms with Crippen LogP contribution in [0.15, 0.2) is 91.6 Å². The van der Waals surface area contributed by atoms with E-state index in [4.69, 9.17) is 19.2 Å². The Balaban J connectivity index is 1.55. The highest BCUT2D eigenvalue weighted by molar-refractivity contribution is 9.11. The average molecular weight is 719 g/mol. The van der Waals surface area contributed by atoms with Crippen LogP contribution in [-0.4, -0.2) is 29.6 Å². The lowest BCUT2D eigenvalue weighted by molar-refractivity contribution is 0.284. The second kappa shape index (κ2) is 13.8. The van der Waals surface area contributed by atoms with Crippen LogP contribution in [0.4, 0.5) is 0 Å². The van der Waals surface area contributed by atoms with Gasteiger partial charge in [-0.05, 0) is 91.1 Å². The van der Waals surface area contributed by atoms with Crippen LogP contribution in [0.3, 0.4) is 0 Å². The largest absolute Gasteiger partial charge is 0.494 e. The summed E-state index contributed by atoms with van der Waals surface area (Å²) < 4.78 is 21.0. The van der Waals surface area contributed by atoms with E-state index in [0.717, 1.165) is 42.5 Å². The van der Waals surface area contributed by atoms with Gasteiger partial charge < -0.3 is 14.2 Å². The Bertz CT molecular complexity index is 1920. The monoisotopic (exact) mass is 717 g/mol. The van der Waals surface area contributed by atoms with Crippen molar-refractivity contribution < 1.29 is 14.2 Å². The Morgan fingerprint density at radius 2 is 1.75 bits per heavy atom. The molecule has 1 heterocycles. The van der Waals surface area contributed by atoms with Gasteiger partial charge in [0.15, 0.2) is 17.3 Å². The topological polar surface area (TPSA) is 74.9 Å². The molecule has 0 saturated carbocycles. The van der Waals surface area contributed by atoms with Gasteiger partial charge in [0, 0.05) is 20.1 Å². The van der Waals surface area contributed by atoms with Gasteiger partial charge in [-0.2, -0.15) is 9.78 Å². The van der Waals surface area contributed by atoms with Crippen molar-refractivity contribution in [2.24, 2.45) is 5.10 Å². The number of aryl methyl sites for hydroxylation is 1. The molecule has 0 aliphatic carbocycles. The Morgan fingerprint density at radius 3 is 2.48 bits per heavy atom. The summed E-state index contributed by atoms with van der Waals surface area (Å²) in [6, 6.07) is 22.9. The highest BCUT2D eigenvalue weighted by Gasteiger charge is 2.19. The van der Waals surface area contributed by atoms with Crippen molar-refractivity contribution >= 4 is 49.0 Å². The quantitative estimate of drug-likeness (QED) is 0.135. The SMILES string of the molecule is CCOc1cc(C)c(-c2nc3ccccc3c(=O)n2N=Cc2ccc(OCc3ccc(Br)cc3Br)c(OC)c2)cc1C(C)C. The molecule has 7 nitrogen and oxygen atoms in total. The minimum Gasteiger partial charge on any atom is -0.494 e. The maximum atomic E-state index is 13.8. The second-order valence-corrected chi connectivity index (χ2v) is 12.3. The first-order valence-corrected chi connectivity index (χ1v) is 15.9. The first kappa shape index (κ1) is 31.5. The van der Waals surface area contributed by atoms with Crippen molar-refractivity contribution in [3.8, 4) is 28.6 Å². The zero-order chi connectivity index (χ0) is 31.4. The number of ether oxygens (including phenoxy) is 3. The van der Waals surface area contributed by atoms with E-state index < -0.39 is 0 Å². The number of methoxy groups -OCH3 is 1. The van der Waals surface area contributed by atoms with Gasteiger partial charge in [0.2, 0.25) is 0 Å². The number of fused-ring (bicyclic) bond motifs is 1. The van der Waals surface area contributed by atoms with Crippen molar-refractivity contribution in [1.82, 2.24) is 9.66 Å². The molecule has 0 aliphatic heterocycles. The molecule has 5 rings (SSSR count). The van der Waals surface area contributed by atoms with E-state index in [1.807, 2.05) is 74.5 Å².